The van der Waals surface area contributed by atoms with Gasteiger partial charge in [-0.25, -0.2) is 0 Å². The highest BCUT2D eigenvalue weighted by Crippen LogP contribution is 2.11. The van der Waals surface area contributed by atoms with Gasteiger partial charge in [0.15, 0.2) is 0 Å². The van der Waals surface area contributed by atoms with Gasteiger partial charge < -0.3 is 5.32 Å². The van der Waals surface area contributed by atoms with Crippen molar-refractivity contribution in [3.63, 3.8) is 0 Å². The van der Waals surface area contributed by atoms with Gasteiger partial charge in [0.2, 0.25) is 0 Å². The lowest BCUT2D eigenvalue weighted by molar-refractivity contribution is -0.520. The van der Waals surface area contributed by atoms with E-state index in [0.29, 0.717) is 0 Å². The van der Waals surface area contributed by atoms with Crippen molar-refractivity contribution in [2.75, 3.05) is 0 Å². The number of hydrogen-bond donors (Lipinski definition) is 1. The molecule has 1 saturated heterocycles. The van der Waals surface area contributed by atoms with Crippen LogP contribution < -0.4 is 5.32 Å². The monoisotopic (exact) mass is 114 g/mol. The molecule has 1 fully saturated rings. The zero-order chi connectivity index (χ0) is 6.15. The smallest absolute Gasteiger partial charge is 0.141 e. The summed E-state index contributed by atoms with van der Waals surface area (Å²) in [5, 5.41) is 2.46. The van der Waals surface area contributed by atoms with Crippen LogP contribution in [0, 0.1) is 5.92 Å². The normalized spacial score (nSPS) is 36.0. The summed E-state index contributed by atoms with van der Waals surface area (Å²) in [6.07, 6.45) is 1.35. The Kier molecular flexibility index (Phi) is 1.57. The van der Waals surface area contributed by atoms with E-state index in [4.69, 9.17) is 0 Å². The summed E-state index contributed by atoms with van der Waals surface area (Å²) in [5.74, 6) is 0.889. The molecule has 1 rings (SSSR count). The quantitative estimate of drug-likeness (QED) is 0.499. The Bertz CT molecular complexity index is 78.5. The van der Waals surface area contributed by atoms with Gasteiger partial charge in [-0.15, -0.1) is 0 Å². The van der Waals surface area contributed by atoms with Crippen molar-refractivity contribution in [1.29, 1.82) is 0 Å². The Morgan fingerprint density at radius 1 is 1.50 bits per heavy atom. The van der Waals surface area contributed by atoms with E-state index in [1.807, 2.05) is 0 Å². The summed E-state index contributed by atoms with van der Waals surface area (Å²) in [6.45, 7) is 6.87. The fraction of sp³-hybridized carbons (Fsp3) is 1.00. The van der Waals surface area contributed by atoms with Crippen LogP contribution >= 0.6 is 0 Å². The number of hydrogen-bond acceptors (Lipinski definition) is 0. The first kappa shape index (κ1) is 6.09. The lowest BCUT2D eigenvalue weighted by atomic mass is 10.1. The molecule has 2 N–H and O–H groups in total. The van der Waals surface area contributed by atoms with E-state index in [9.17, 15) is 0 Å². The van der Waals surface area contributed by atoms with E-state index >= 15 is 0 Å². The molecule has 2 unspecified atom stereocenters. The summed E-state index contributed by atoms with van der Waals surface area (Å²) >= 11 is 0. The lowest BCUT2D eigenvalue weighted by Gasteiger charge is -1.90. The largest absolute Gasteiger partial charge is 0.331 e. The third-order valence-electron chi connectivity index (χ3n) is 2.06. The molecule has 1 heteroatoms. The first-order valence-corrected chi connectivity index (χ1v) is 3.60. The minimum atomic E-state index is 0.889. The molecule has 48 valence electrons. The molecule has 0 saturated carbocycles. The first-order chi connectivity index (χ1) is 3.75. The molecular weight excluding hydrogens is 98.1 g/mol. The summed E-state index contributed by atoms with van der Waals surface area (Å²) < 4.78 is 0. The van der Waals surface area contributed by atoms with Crippen molar-refractivity contribution in [1.82, 2.24) is 0 Å². The van der Waals surface area contributed by atoms with Crippen molar-refractivity contribution in [3.8, 4) is 0 Å². The minimum Gasteiger partial charge on any atom is -0.331 e. The minimum absolute atomic E-state index is 0.889. The molecule has 1 aliphatic rings. The van der Waals surface area contributed by atoms with E-state index in [2.05, 4.69) is 26.1 Å². The van der Waals surface area contributed by atoms with Gasteiger partial charge in [0, 0.05) is 12.3 Å². The summed E-state index contributed by atoms with van der Waals surface area (Å²) in [7, 11) is 0. The molecule has 1 nitrogen and oxygen atoms in total. The van der Waals surface area contributed by atoms with Crippen LogP contribution in [0.1, 0.15) is 27.2 Å². The third kappa shape index (κ3) is 1.03. The molecule has 1 heterocycles. The number of nitrogens with two attached hydrogens (primary N) is 1. The fourth-order valence-corrected chi connectivity index (χ4v) is 1.35. The standard InChI is InChI=1S/C7H15N/c1-4-6-7(8-6)5(2)3/h5-8H,4H2,1-3H3/p+1. The summed E-state index contributed by atoms with van der Waals surface area (Å²) in [4.78, 5) is 0. The number of quaternary nitrogens is 1. The zero-order valence-electron chi connectivity index (χ0n) is 6.02. The second-order valence-corrected chi connectivity index (χ2v) is 3.09. The molecule has 1 aliphatic heterocycles. The van der Waals surface area contributed by atoms with Gasteiger partial charge in [-0.3, -0.25) is 0 Å². The van der Waals surface area contributed by atoms with E-state index in [1.54, 1.807) is 0 Å². The average Bonchev–Trinajstić information content (AvgIpc) is 2.42. The summed E-state index contributed by atoms with van der Waals surface area (Å²) in [6, 6.07) is 1.93. The van der Waals surface area contributed by atoms with Crippen molar-refractivity contribution in [2.45, 2.75) is 39.3 Å². The maximum absolute atomic E-state index is 2.46. The van der Waals surface area contributed by atoms with Gasteiger partial charge in [-0.2, -0.15) is 0 Å². The van der Waals surface area contributed by atoms with E-state index in [0.717, 1.165) is 18.0 Å². The molecule has 0 bridgehead atoms. The molecule has 0 aromatic carbocycles. The SMILES string of the molecule is CCC1[NH2+]C1C(C)C. The van der Waals surface area contributed by atoms with Crippen LogP contribution in [0.15, 0.2) is 0 Å². The highest BCUT2D eigenvalue weighted by atomic mass is 15.1. The molecule has 0 aromatic rings. The van der Waals surface area contributed by atoms with Gasteiger partial charge >= 0.3 is 0 Å². The van der Waals surface area contributed by atoms with Crippen LogP contribution in [0.2, 0.25) is 0 Å². The summed E-state index contributed by atoms with van der Waals surface area (Å²) in [5.41, 5.74) is 0. The van der Waals surface area contributed by atoms with Gasteiger partial charge in [0.25, 0.3) is 0 Å². The Balaban J connectivity index is 2.16. The predicted molar refractivity (Wildman–Crippen MR) is 34.6 cm³/mol. The first-order valence-electron chi connectivity index (χ1n) is 3.60. The van der Waals surface area contributed by atoms with Gasteiger partial charge in [-0.05, 0) is 0 Å². The third-order valence-corrected chi connectivity index (χ3v) is 2.06. The van der Waals surface area contributed by atoms with Crippen LogP contribution in [0.25, 0.3) is 0 Å². The molecule has 0 spiro atoms. The van der Waals surface area contributed by atoms with Crippen LogP contribution in [0.3, 0.4) is 0 Å². The van der Waals surface area contributed by atoms with Gasteiger partial charge in [0.05, 0.1) is 0 Å². The Labute approximate surface area is 51.5 Å². The average molecular weight is 114 g/mol. The Hall–Kier alpha value is -0.0400. The maximum Gasteiger partial charge on any atom is 0.141 e. The van der Waals surface area contributed by atoms with Crippen molar-refractivity contribution in [2.24, 2.45) is 5.92 Å². The van der Waals surface area contributed by atoms with E-state index in [-0.39, 0.29) is 0 Å². The van der Waals surface area contributed by atoms with Gasteiger partial charge in [0.1, 0.15) is 12.1 Å². The highest BCUT2D eigenvalue weighted by molar-refractivity contribution is 4.77. The van der Waals surface area contributed by atoms with E-state index < -0.39 is 0 Å². The van der Waals surface area contributed by atoms with Gasteiger partial charge in [-0.1, -0.05) is 20.8 Å². The fourth-order valence-electron chi connectivity index (χ4n) is 1.35. The molecular formula is C7H16N+. The van der Waals surface area contributed by atoms with Crippen LogP contribution in [-0.4, -0.2) is 12.1 Å². The van der Waals surface area contributed by atoms with E-state index in [1.165, 1.54) is 6.42 Å². The Morgan fingerprint density at radius 3 is 2.25 bits per heavy atom. The molecule has 8 heavy (non-hydrogen) atoms. The molecule has 0 aliphatic carbocycles. The molecule has 2 atom stereocenters. The van der Waals surface area contributed by atoms with Crippen LogP contribution in [-0.2, 0) is 0 Å². The molecule has 0 aromatic heterocycles. The molecule has 0 amide bonds. The van der Waals surface area contributed by atoms with Crippen molar-refractivity contribution >= 4 is 0 Å². The van der Waals surface area contributed by atoms with Crippen LogP contribution in [0.5, 0.6) is 0 Å². The maximum atomic E-state index is 2.46. The Morgan fingerprint density at radius 2 is 2.12 bits per heavy atom. The second-order valence-electron chi connectivity index (χ2n) is 3.09. The highest BCUT2D eigenvalue weighted by Gasteiger charge is 2.43. The number of rotatable bonds is 2. The van der Waals surface area contributed by atoms with Crippen molar-refractivity contribution in [3.05, 3.63) is 0 Å². The van der Waals surface area contributed by atoms with Crippen LogP contribution in [0.4, 0.5) is 0 Å². The predicted octanol–water partition coefficient (Wildman–Crippen LogP) is 0.367. The van der Waals surface area contributed by atoms with Crippen molar-refractivity contribution < 1.29 is 5.32 Å². The topological polar surface area (TPSA) is 16.6 Å². The second kappa shape index (κ2) is 2.06. The molecule has 0 radical (unpaired) electrons. The zero-order valence-corrected chi connectivity index (χ0v) is 6.02. The lowest BCUT2D eigenvalue weighted by Crippen LogP contribution is -2.63.